The van der Waals surface area contributed by atoms with E-state index in [1.54, 1.807) is 11.3 Å². The van der Waals surface area contributed by atoms with Gasteiger partial charge in [0.15, 0.2) is 0 Å². The zero-order valence-corrected chi connectivity index (χ0v) is 12.7. The Bertz CT molecular complexity index is 578. The molecule has 0 atom stereocenters. The van der Waals surface area contributed by atoms with Crippen LogP contribution in [0.1, 0.15) is 16.0 Å². The molecule has 19 heavy (non-hydrogen) atoms. The Balaban J connectivity index is 1.89. The van der Waals surface area contributed by atoms with Gasteiger partial charge in [0.1, 0.15) is 0 Å². The van der Waals surface area contributed by atoms with Crippen molar-refractivity contribution in [3.63, 3.8) is 0 Å². The second-order valence-corrected chi connectivity index (χ2v) is 6.31. The Morgan fingerprint density at radius 1 is 1.16 bits per heavy atom. The highest BCUT2D eigenvalue weighted by Crippen LogP contribution is 2.24. The van der Waals surface area contributed by atoms with Gasteiger partial charge in [-0.2, -0.15) is 11.8 Å². The van der Waals surface area contributed by atoms with Crippen molar-refractivity contribution in [1.82, 2.24) is 0 Å². The third-order valence-corrected chi connectivity index (χ3v) is 4.87. The molecule has 0 saturated heterocycles. The van der Waals surface area contributed by atoms with Gasteiger partial charge in [0.25, 0.3) is 0 Å². The maximum atomic E-state index is 5.87. The van der Waals surface area contributed by atoms with E-state index in [1.807, 2.05) is 23.9 Å². The number of rotatable bonds is 4. The van der Waals surface area contributed by atoms with E-state index < -0.39 is 0 Å². The number of nitrogens with two attached hydrogens (primary N) is 1. The molecular weight excluding hydrogens is 294 g/mol. The van der Waals surface area contributed by atoms with E-state index in [0.717, 1.165) is 22.1 Å². The Hall–Kier alpha value is -0.920. The van der Waals surface area contributed by atoms with Gasteiger partial charge in [-0.25, -0.2) is 0 Å². The Labute approximate surface area is 127 Å². The van der Waals surface area contributed by atoms with Gasteiger partial charge in [0.05, 0.1) is 6.54 Å². The van der Waals surface area contributed by atoms with Gasteiger partial charge in [-0.3, -0.25) is 0 Å². The molecule has 2 aromatic rings. The Morgan fingerprint density at radius 2 is 1.95 bits per heavy atom. The lowest BCUT2D eigenvalue weighted by Gasteiger charge is -2.01. The lowest BCUT2D eigenvalue weighted by molar-refractivity contribution is 1.30. The highest BCUT2D eigenvalue weighted by atomic mass is 35.5. The summed E-state index contributed by atoms with van der Waals surface area (Å²) in [6.45, 7) is 0.410. The number of hydrogen-bond acceptors (Lipinski definition) is 3. The molecule has 1 aromatic heterocycles. The summed E-state index contributed by atoms with van der Waals surface area (Å²) in [6.07, 6.45) is 0. The molecule has 1 heterocycles. The summed E-state index contributed by atoms with van der Waals surface area (Å²) < 4.78 is 0. The van der Waals surface area contributed by atoms with Gasteiger partial charge in [0, 0.05) is 27.0 Å². The maximum absolute atomic E-state index is 5.87. The molecule has 2 rings (SSSR count). The first kappa shape index (κ1) is 14.5. The highest BCUT2D eigenvalue weighted by molar-refractivity contribution is 7.97. The van der Waals surface area contributed by atoms with Crippen molar-refractivity contribution in [1.29, 1.82) is 0 Å². The fourth-order valence-corrected chi connectivity index (χ4v) is 3.69. The third-order valence-electron chi connectivity index (χ3n) is 2.49. The largest absolute Gasteiger partial charge is 0.320 e. The number of thiophene rings is 1. The minimum absolute atomic E-state index is 0.410. The van der Waals surface area contributed by atoms with E-state index in [1.165, 1.54) is 10.4 Å². The van der Waals surface area contributed by atoms with Crippen molar-refractivity contribution in [3.05, 3.63) is 56.7 Å². The molecule has 0 radical (unpaired) electrons. The van der Waals surface area contributed by atoms with Crippen LogP contribution in [0.3, 0.4) is 0 Å². The predicted octanol–water partition coefficient (Wildman–Crippen LogP) is 4.15. The van der Waals surface area contributed by atoms with Crippen molar-refractivity contribution in [2.75, 3.05) is 6.54 Å². The molecule has 1 nitrogen and oxygen atoms in total. The van der Waals surface area contributed by atoms with E-state index in [4.69, 9.17) is 17.3 Å². The van der Waals surface area contributed by atoms with E-state index in [2.05, 4.69) is 35.4 Å². The standard InChI is InChI=1S/C15H14ClNS2/c16-14-5-3-12(4-6-14)10-18-11-15-13(2-1-8-17)7-9-19-15/h3-7,9H,8,10-11,17H2. The van der Waals surface area contributed by atoms with E-state index in [0.29, 0.717) is 6.54 Å². The molecule has 0 aliphatic rings. The second kappa shape index (κ2) is 7.62. The fourth-order valence-electron chi connectivity index (χ4n) is 1.55. The van der Waals surface area contributed by atoms with Crippen LogP contribution < -0.4 is 5.73 Å². The molecule has 0 aliphatic carbocycles. The molecule has 0 fully saturated rings. The van der Waals surface area contributed by atoms with Crippen LogP contribution in [0.25, 0.3) is 0 Å². The van der Waals surface area contributed by atoms with Crippen LogP contribution in [-0.4, -0.2) is 6.54 Å². The van der Waals surface area contributed by atoms with Crippen LogP contribution in [0.2, 0.25) is 5.02 Å². The molecule has 1 aromatic carbocycles. The van der Waals surface area contributed by atoms with Crippen LogP contribution in [0.15, 0.2) is 35.7 Å². The van der Waals surface area contributed by atoms with Crippen molar-refractivity contribution in [3.8, 4) is 11.8 Å². The first-order valence-electron chi connectivity index (χ1n) is 5.87. The van der Waals surface area contributed by atoms with Gasteiger partial charge in [-0.15, -0.1) is 11.3 Å². The second-order valence-electron chi connectivity index (χ2n) is 3.88. The molecular formula is C15H14ClNS2. The summed E-state index contributed by atoms with van der Waals surface area (Å²) in [7, 11) is 0. The van der Waals surface area contributed by atoms with Crippen LogP contribution in [0.4, 0.5) is 0 Å². The molecule has 0 aliphatic heterocycles. The quantitative estimate of drug-likeness (QED) is 0.859. The normalized spacial score (nSPS) is 10.0. The van der Waals surface area contributed by atoms with Crippen LogP contribution in [-0.2, 0) is 11.5 Å². The summed E-state index contributed by atoms with van der Waals surface area (Å²) in [5.74, 6) is 7.99. The fraction of sp³-hybridized carbons (Fsp3) is 0.200. The third kappa shape index (κ3) is 4.59. The molecule has 0 amide bonds. The summed E-state index contributed by atoms with van der Waals surface area (Å²) in [4.78, 5) is 1.32. The minimum atomic E-state index is 0.410. The molecule has 4 heteroatoms. The number of benzene rings is 1. The van der Waals surface area contributed by atoms with Gasteiger partial charge in [0.2, 0.25) is 0 Å². The first-order valence-corrected chi connectivity index (χ1v) is 8.28. The molecule has 0 unspecified atom stereocenters. The summed E-state index contributed by atoms with van der Waals surface area (Å²) >= 11 is 9.50. The highest BCUT2D eigenvalue weighted by Gasteiger charge is 2.02. The smallest absolute Gasteiger partial charge is 0.0555 e. The molecule has 98 valence electrons. The minimum Gasteiger partial charge on any atom is -0.320 e. The zero-order chi connectivity index (χ0) is 13.5. The number of thioether (sulfide) groups is 1. The van der Waals surface area contributed by atoms with Gasteiger partial charge in [-0.1, -0.05) is 35.6 Å². The van der Waals surface area contributed by atoms with Gasteiger partial charge < -0.3 is 5.73 Å². The van der Waals surface area contributed by atoms with Crippen LogP contribution >= 0.6 is 34.7 Å². The van der Waals surface area contributed by atoms with Crippen molar-refractivity contribution >= 4 is 34.7 Å². The van der Waals surface area contributed by atoms with Crippen LogP contribution in [0.5, 0.6) is 0 Å². The molecule has 2 N–H and O–H groups in total. The van der Waals surface area contributed by atoms with Crippen molar-refractivity contribution in [2.24, 2.45) is 5.73 Å². The van der Waals surface area contributed by atoms with Crippen molar-refractivity contribution < 1.29 is 0 Å². The summed E-state index contributed by atoms with van der Waals surface area (Å²) in [5, 5.41) is 2.87. The van der Waals surface area contributed by atoms with Gasteiger partial charge in [-0.05, 0) is 29.1 Å². The number of hydrogen-bond donors (Lipinski definition) is 1. The molecule has 0 saturated carbocycles. The zero-order valence-electron chi connectivity index (χ0n) is 10.4. The average Bonchev–Trinajstić information content (AvgIpc) is 2.86. The Kier molecular flexibility index (Phi) is 5.81. The molecule has 0 bridgehead atoms. The lowest BCUT2D eigenvalue weighted by atomic mass is 10.2. The summed E-state index contributed by atoms with van der Waals surface area (Å²) in [5.41, 5.74) is 7.80. The van der Waals surface area contributed by atoms with E-state index in [-0.39, 0.29) is 0 Å². The molecule has 0 spiro atoms. The van der Waals surface area contributed by atoms with Crippen molar-refractivity contribution in [2.45, 2.75) is 11.5 Å². The SMILES string of the molecule is NCC#Cc1ccsc1CSCc1ccc(Cl)cc1. The summed E-state index contributed by atoms with van der Waals surface area (Å²) in [6, 6.07) is 10.1. The topological polar surface area (TPSA) is 26.0 Å². The Morgan fingerprint density at radius 3 is 2.68 bits per heavy atom. The lowest BCUT2D eigenvalue weighted by Crippen LogP contribution is -1.93. The predicted molar refractivity (Wildman–Crippen MR) is 86.7 cm³/mol. The van der Waals surface area contributed by atoms with Crippen LogP contribution in [0, 0.1) is 11.8 Å². The monoisotopic (exact) mass is 307 g/mol. The van der Waals surface area contributed by atoms with E-state index >= 15 is 0 Å². The number of halogens is 1. The van der Waals surface area contributed by atoms with E-state index in [9.17, 15) is 0 Å². The maximum Gasteiger partial charge on any atom is 0.0555 e. The average molecular weight is 308 g/mol. The van der Waals surface area contributed by atoms with Gasteiger partial charge >= 0.3 is 0 Å². The first-order chi connectivity index (χ1) is 9.29.